The van der Waals surface area contributed by atoms with E-state index in [-0.39, 0.29) is 0 Å². The Hall–Kier alpha value is -0.0600. The van der Waals surface area contributed by atoms with E-state index in [1.54, 1.807) is 11.3 Å². The number of aryl methyl sites for hydroxylation is 1. The van der Waals surface area contributed by atoms with Crippen LogP contribution in [0.5, 0.6) is 0 Å². The van der Waals surface area contributed by atoms with Crippen molar-refractivity contribution in [3.05, 3.63) is 16.1 Å². The first-order chi connectivity index (χ1) is 7.25. The molecule has 2 heterocycles. The molecule has 1 N–H and O–H groups in total. The van der Waals surface area contributed by atoms with Crippen LogP contribution in [-0.2, 0) is 0 Å². The molecule has 84 valence electrons. The van der Waals surface area contributed by atoms with Crippen LogP contribution < -0.4 is 5.32 Å². The van der Waals surface area contributed by atoms with E-state index in [2.05, 4.69) is 35.9 Å². The van der Waals surface area contributed by atoms with Crippen LogP contribution in [0.3, 0.4) is 0 Å². The van der Waals surface area contributed by atoms with Gasteiger partial charge in [-0.2, -0.15) is 11.8 Å². The quantitative estimate of drug-likeness (QED) is 0.882. The zero-order valence-corrected chi connectivity index (χ0v) is 11.0. The maximum absolute atomic E-state index is 4.43. The molecular formula is C11H18N2S2. The molecule has 1 saturated heterocycles. The largest absolute Gasteiger partial charge is 0.305 e. The number of nitrogens with one attached hydrogen (secondary N) is 1. The van der Waals surface area contributed by atoms with Crippen LogP contribution in [0.25, 0.3) is 0 Å². The lowest BCUT2D eigenvalue weighted by molar-refractivity contribution is 0.430. The van der Waals surface area contributed by atoms with Gasteiger partial charge in [-0.15, -0.1) is 11.3 Å². The fourth-order valence-corrected chi connectivity index (χ4v) is 3.75. The van der Waals surface area contributed by atoms with Gasteiger partial charge in [0.25, 0.3) is 0 Å². The van der Waals surface area contributed by atoms with Crippen molar-refractivity contribution in [3.63, 3.8) is 0 Å². The Morgan fingerprint density at radius 1 is 1.47 bits per heavy atom. The second-order valence-electron chi connectivity index (χ2n) is 4.08. The van der Waals surface area contributed by atoms with E-state index in [1.165, 1.54) is 34.2 Å². The van der Waals surface area contributed by atoms with Crippen LogP contribution in [0.2, 0.25) is 0 Å². The average molecular weight is 242 g/mol. The number of aromatic nitrogens is 1. The number of hydrogen-bond donors (Lipinski definition) is 1. The zero-order chi connectivity index (χ0) is 10.7. The van der Waals surface area contributed by atoms with Crippen molar-refractivity contribution in [1.29, 1.82) is 0 Å². The minimum atomic E-state index is 0.414. The first-order valence-electron chi connectivity index (χ1n) is 5.52. The summed E-state index contributed by atoms with van der Waals surface area (Å²) < 4.78 is 0. The highest BCUT2D eigenvalue weighted by molar-refractivity contribution is 7.99. The van der Waals surface area contributed by atoms with Crippen molar-refractivity contribution < 1.29 is 0 Å². The molecule has 4 heteroatoms. The SMILES string of the molecule is Cc1cnc(C(C)NC2CCSCC2)s1. The molecule has 0 radical (unpaired) electrons. The van der Waals surface area contributed by atoms with Crippen LogP contribution in [0.4, 0.5) is 0 Å². The maximum atomic E-state index is 4.43. The number of rotatable bonds is 3. The Morgan fingerprint density at radius 3 is 2.80 bits per heavy atom. The molecule has 1 aromatic heterocycles. The van der Waals surface area contributed by atoms with E-state index in [0.717, 1.165) is 0 Å². The minimum absolute atomic E-state index is 0.414. The van der Waals surface area contributed by atoms with Gasteiger partial charge in [-0.1, -0.05) is 0 Å². The van der Waals surface area contributed by atoms with Crippen molar-refractivity contribution in [2.75, 3.05) is 11.5 Å². The van der Waals surface area contributed by atoms with Gasteiger partial charge in [0.2, 0.25) is 0 Å². The van der Waals surface area contributed by atoms with Gasteiger partial charge in [-0.25, -0.2) is 4.98 Å². The molecule has 0 saturated carbocycles. The van der Waals surface area contributed by atoms with Gasteiger partial charge in [0.15, 0.2) is 0 Å². The number of hydrogen-bond acceptors (Lipinski definition) is 4. The van der Waals surface area contributed by atoms with E-state index in [1.807, 2.05) is 6.20 Å². The fourth-order valence-electron chi connectivity index (χ4n) is 1.86. The lowest BCUT2D eigenvalue weighted by Gasteiger charge is -2.25. The second kappa shape index (κ2) is 5.32. The fraction of sp³-hybridized carbons (Fsp3) is 0.727. The van der Waals surface area contributed by atoms with Crippen molar-refractivity contribution in [2.45, 2.75) is 38.8 Å². The third-order valence-electron chi connectivity index (χ3n) is 2.72. The summed E-state index contributed by atoms with van der Waals surface area (Å²) in [5.74, 6) is 2.61. The average Bonchev–Trinajstić information content (AvgIpc) is 2.66. The molecule has 2 rings (SSSR count). The second-order valence-corrected chi connectivity index (χ2v) is 6.58. The van der Waals surface area contributed by atoms with Crippen LogP contribution >= 0.6 is 23.1 Å². The van der Waals surface area contributed by atoms with Gasteiger partial charge in [0.1, 0.15) is 5.01 Å². The molecule has 0 bridgehead atoms. The van der Waals surface area contributed by atoms with Crippen LogP contribution in [0.1, 0.15) is 35.7 Å². The molecule has 0 aliphatic carbocycles. The predicted molar refractivity (Wildman–Crippen MR) is 68.7 cm³/mol. The normalized spacial score (nSPS) is 20.4. The van der Waals surface area contributed by atoms with Crippen molar-refractivity contribution >= 4 is 23.1 Å². The van der Waals surface area contributed by atoms with E-state index in [0.29, 0.717) is 12.1 Å². The Morgan fingerprint density at radius 2 is 2.20 bits per heavy atom. The van der Waals surface area contributed by atoms with Crippen molar-refractivity contribution in [3.8, 4) is 0 Å². The summed E-state index contributed by atoms with van der Waals surface area (Å²) in [6.45, 7) is 4.34. The van der Waals surface area contributed by atoms with E-state index >= 15 is 0 Å². The van der Waals surface area contributed by atoms with Gasteiger partial charge in [0, 0.05) is 17.1 Å². The molecule has 0 spiro atoms. The number of thioether (sulfide) groups is 1. The van der Waals surface area contributed by atoms with Gasteiger partial charge < -0.3 is 5.32 Å². The summed E-state index contributed by atoms with van der Waals surface area (Å²) >= 11 is 3.88. The summed E-state index contributed by atoms with van der Waals surface area (Å²) in [6.07, 6.45) is 4.58. The number of nitrogens with zero attached hydrogens (tertiary/aromatic N) is 1. The van der Waals surface area contributed by atoms with Crippen LogP contribution in [0, 0.1) is 6.92 Å². The topological polar surface area (TPSA) is 24.9 Å². The Kier molecular flexibility index (Phi) is 4.05. The summed E-state index contributed by atoms with van der Waals surface area (Å²) in [6, 6.07) is 1.11. The van der Waals surface area contributed by atoms with Gasteiger partial charge in [-0.3, -0.25) is 0 Å². The molecule has 1 atom stereocenters. The summed E-state index contributed by atoms with van der Waals surface area (Å²) in [5.41, 5.74) is 0. The maximum Gasteiger partial charge on any atom is 0.109 e. The molecule has 1 fully saturated rings. The molecule has 0 amide bonds. The molecule has 2 nitrogen and oxygen atoms in total. The summed E-state index contributed by atoms with van der Waals surface area (Å²) in [5, 5.41) is 4.91. The van der Waals surface area contributed by atoms with E-state index in [4.69, 9.17) is 0 Å². The van der Waals surface area contributed by atoms with E-state index in [9.17, 15) is 0 Å². The third kappa shape index (κ3) is 3.20. The van der Waals surface area contributed by atoms with Gasteiger partial charge >= 0.3 is 0 Å². The highest BCUT2D eigenvalue weighted by Crippen LogP contribution is 2.23. The summed E-state index contributed by atoms with van der Waals surface area (Å²) in [4.78, 5) is 5.74. The Bertz CT molecular complexity index is 305. The lowest BCUT2D eigenvalue weighted by atomic mass is 10.1. The zero-order valence-electron chi connectivity index (χ0n) is 9.32. The smallest absolute Gasteiger partial charge is 0.109 e. The first kappa shape index (κ1) is 11.4. The lowest BCUT2D eigenvalue weighted by Crippen LogP contribution is -2.34. The standard InChI is InChI=1S/C11H18N2S2/c1-8-7-12-11(15-8)9(2)13-10-3-5-14-6-4-10/h7,9-10,13H,3-6H2,1-2H3. The third-order valence-corrected chi connectivity index (χ3v) is 4.86. The highest BCUT2D eigenvalue weighted by Gasteiger charge is 2.17. The highest BCUT2D eigenvalue weighted by atomic mass is 32.2. The monoisotopic (exact) mass is 242 g/mol. The molecule has 1 aliphatic heterocycles. The molecule has 1 aromatic rings. The molecule has 1 aliphatic rings. The molecule has 0 aromatic carbocycles. The predicted octanol–water partition coefficient (Wildman–Crippen LogP) is 3.00. The first-order valence-corrected chi connectivity index (χ1v) is 7.49. The molecule has 15 heavy (non-hydrogen) atoms. The minimum Gasteiger partial charge on any atom is -0.305 e. The Labute approximate surface area is 99.9 Å². The van der Waals surface area contributed by atoms with Crippen molar-refractivity contribution in [1.82, 2.24) is 10.3 Å². The number of thiazole rings is 1. The molecular weight excluding hydrogens is 224 g/mol. The molecule has 1 unspecified atom stereocenters. The van der Waals surface area contributed by atoms with Gasteiger partial charge in [0.05, 0.1) is 6.04 Å². The van der Waals surface area contributed by atoms with Gasteiger partial charge in [-0.05, 0) is 38.2 Å². The summed E-state index contributed by atoms with van der Waals surface area (Å²) in [7, 11) is 0. The van der Waals surface area contributed by atoms with E-state index < -0.39 is 0 Å². The van der Waals surface area contributed by atoms with Crippen LogP contribution in [-0.4, -0.2) is 22.5 Å². The van der Waals surface area contributed by atoms with Crippen LogP contribution in [0.15, 0.2) is 6.20 Å². The van der Waals surface area contributed by atoms with Crippen molar-refractivity contribution in [2.24, 2.45) is 0 Å². The Balaban J connectivity index is 1.88.